The van der Waals surface area contributed by atoms with Gasteiger partial charge in [0.15, 0.2) is 11.9 Å². The molecule has 1 saturated carbocycles. The van der Waals surface area contributed by atoms with Crippen molar-refractivity contribution in [1.82, 2.24) is 0 Å². The van der Waals surface area contributed by atoms with Gasteiger partial charge in [-0.3, -0.25) is 4.79 Å². The Hall–Kier alpha value is -1.27. The van der Waals surface area contributed by atoms with Crippen molar-refractivity contribution in [2.24, 2.45) is 23.7 Å². The lowest BCUT2D eigenvalue weighted by Gasteiger charge is -2.60. The van der Waals surface area contributed by atoms with E-state index in [-0.39, 0.29) is 19.3 Å². The molecule has 1 spiro atoms. The van der Waals surface area contributed by atoms with Crippen LogP contribution in [-0.4, -0.2) is 29.6 Å². The molecule has 0 radical (unpaired) electrons. The molecule has 4 heterocycles. The second-order valence-electron chi connectivity index (χ2n) is 10.2. The summed E-state index contributed by atoms with van der Waals surface area (Å²) in [4.78, 5) is 24.7. The van der Waals surface area contributed by atoms with Gasteiger partial charge in [-0.25, -0.2) is 9.78 Å². The minimum absolute atomic E-state index is 0. The van der Waals surface area contributed by atoms with E-state index in [0.29, 0.717) is 36.5 Å². The van der Waals surface area contributed by atoms with Crippen LogP contribution in [0, 0.1) is 23.7 Å². The monoisotopic (exact) mass is 460 g/mol. The summed E-state index contributed by atoms with van der Waals surface area (Å²) >= 11 is 0. The van der Waals surface area contributed by atoms with Gasteiger partial charge in [0.05, 0.1) is 6.10 Å². The number of hydrogen-bond acceptors (Lipinski definition) is 5. The molecule has 0 unspecified atom stereocenters. The van der Waals surface area contributed by atoms with Gasteiger partial charge in [-0.15, -0.1) is 0 Å². The Morgan fingerprint density at radius 2 is 1.76 bits per heavy atom. The quantitative estimate of drug-likeness (QED) is 0.470. The molecule has 2 bridgehead atoms. The molecule has 33 heavy (non-hydrogen) atoms. The first-order valence-corrected chi connectivity index (χ1v) is 12.7. The van der Waals surface area contributed by atoms with Crippen LogP contribution in [0.1, 0.15) is 86.1 Å². The summed E-state index contributed by atoms with van der Waals surface area (Å²) in [6, 6.07) is 9.97. The summed E-state index contributed by atoms with van der Waals surface area (Å²) in [5, 5.41) is 0. The fraction of sp³-hybridized carbons (Fsp3) is 0.750. The summed E-state index contributed by atoms with van der Waals surface area (Å²) < 4.78 is 13.0. The molecular weight excluding hydrogens is 416 g/mol. The lowest BCUT2D eigenvalue weighted by molar-refractivity contribution is -0.571. The van der Waals surface area contributed by atoms with E-state index in [1.54, 1.807) is 0 Å². The van der Waals surface area contributed by atoms with Gasteiger partial charge in [-0.05, 0) is 55.9 Å². The van der Waals surface area contributed by atoms with Gasteiger partial charge in [0.1, 0.15) is 5.78 Å². The van der Waals surface area contributed by atoms with E-state index in [2.05, 4.69) is 13.8 Å². The molecule has 1 aromatic carbocycles. The Kier molecular flexibility index (Phi) is 8.42. The molecule has 4 saturated heterocycles. The van der Waals surface area contributed by atoms with E-state index >= 15 is 0 Å². The SMILES string of the molecule is C.CC.C[C@H]1[C@@H](CCC(=O)Cc2ccccc2)O[C@@H]2O[C@@]3(C)CC[C@H]4[C@H](C)CC[C@@H]1[C@@]24OO3. The van der Waals surface area contributed by atoms with Gasteiger partial charge in [0.2, 0.25) is 5.79 Å². The molecular formula is C28H44O5. The first kappa shape index (κ1) is 26.3. The zero-order valence-corrected chi connectivity index (χ0v) is 20.3. The van der Waals surface area contributed by atoms with Crippen molar-refractivity contribution in [2.45, 2.75) is 111 Å². The third-order valence-electron chi connectivity index (χ3n) is 8.25. The highest BCUT2D eigenvalue weighted by atomic mass is 17.3. The van der Waals surface area contributed by atoms with Crippen LogP contribution in [0.4, 0.5) is 0 Å². The Bertz CT molecular complexity index is 782. The van der Waals surface area contributed by atoms with Crippen molar-refractivity contribution in [2.75, 3.05) is 0 Å². The number of ketones is 1. The molecule has 0 N–H and O–H groups in total. The number of carbonyl (C=O) groups is 1. The minimum atomic E-state index is -0.744. The van der Waals surface area contributed by atoms with Crippen molar-refractivity contribution in [3.63, 3.8) is 0 Å². The molecule has 5 fully saturated rings. The van der Waals surface area contributed by atoms with Crippen molar-refractivity contribution in [1.29, 1.82) is 0 Å². The fourth-order valence-corrected chi connectivity index (χ4v) is 6.52. The van der Waals surface area contributed by atoms with Crippen molar-refractivity contribution in [3.05, 3.63) is 35.9 Å². The normalized spacial score (nSPS) is 41.0. The van der Waals surface area contributed by atoms with Crippen LogP contribution in [-0.2, 0) is 30.5 Å². The lowest BCUT2D eigenvalue weighted by atomic mass is 9.57. The zero-order chi connectivity index (χ0) is 22.9. The van der Waals surface area contributed by atoms with E-state index in [0.717, 1.165) is 31.2 Å². The standard InChI is InChI=1S/C25H34O5.C2H6.CH4/c1-16-9-11-21-17(2)22(12-10-19(26)15-18-7-5-4-6-8-18)27-23-25(21)20(16)13-14-24(3,28-23)29-30-25;1-2;/h4-8,16-17,20-23H,9-15H2,1-3H3;1-2H3;1H4/t16-,17-,20+,21+,22-,23-,24-,25-;;/m1../s1. The molecule has 186 valence electrons. The molecule has 5 aliphatic rings. The van der Waals surface area contributed by atoms with Gasteiger partial charge >= 0.3 is 0 Å². The van der Waals surface area contributed by atoms with E-state index in [4.69, 9.17) is 19.2 Å². The molecule has 0 aromatic heterocycles. The highest BCUT2D eigenvalue weighted by Gasteiger charge is 2.69. The van der Waals surface area contributed by atoms with E-state index in [9.17, 15) is 4.79 Å². The van der Waals surface area contributed by atoms with Crippen LogP contribution in [0.15, 0.2) is 30.3 Å². The van der Waals surface area contributed by atoms with Crippen LogP contribution in [0.25, 0.3) is 0 Å². The molecule has 5 nitrogen and oxygen atoms in total. The predicted octanol–water partition coefficient (Wildman–Crippen LogP) is 6.49. The van der Waals surface area contributed by atoms with Crippen LogP contribution in [0.3, 0.4) is 0 Å². The fourth-order valence-electron chi connectivity index (χ4n) is 6.52. The number of rotatable bonds is 5. The summed E-state index contributed by atoms with van der Waals surface area (Å²) in [7, 11) is 0. The number of Topliss-reactive ketones (excluding diaryl/α,β-unsaturated/α-hetero) is 1. The van der Waals surface area contributed by atoms with Crippen LogP contribution in [0.2, 0.25) is 0 Å². The smallest absolute Gasteiger partial charge is 0.201 e. The van der Waals surface area contributed by atoms with E-state index in [1.807, 2.05) is 51.1 Å². The van der Waals surface area contributed by atoms with Crippen molar-refractivity contribution >= 4 is 5.78 Å². The summed E-state index contributed by atoms with van der Waals surface area (Å²) in [5.74, 6) is 1.10. The molecule has 8 atom stereocenters. The average Bonchev–Trinajstić information content (AvgIpc) is 3.03. The van der Waals surface area contributed by atoms with Gasteiger partial charge in [0.25, 0.3) is 0 Å². The second-order valence-corrected chi connectivity index (χ2v) is 10.2. The van der Waals surface area contributed by atoms with Crippen molar-refractivity contribution in [3.8, 4) is 0 Å². The van der Waals surface area contributed by atoms with Gasteiger partial charge < -0.3 is 9.47 Å². The minimum Gasteiger partial charge on any atom is -0.346 e. The number of carbonyl (C=O) groups excluding carboxylic acids is 1. The zero-order valence-electron chi connectivity index (χ0n) is 20.3. The predicted molar refractivity (Wildman–Crippen MR) is 129 cm³/mol. The van der Waals surface area contributed by atoms with Gasteiger partial charge in [0, 0.05) is 25.2 Å². The first-order chi connectivity index (χ1) is 15.4. The topological polar surface area (TPSA) is 54.0 Å². The van der Waals surface area contributed by atoms with E-state index in [1.165, 1.54) is 6.42 Å². The number of fused-ring (bicyclic) bond motifs is 2. The molecule has 4 aliphatic heterocycles. The third-order valence-corrected chi connectivity index (χ3v) is 8.25. The van der Waals surface area contributed by atoms with Crippen molar-refractivity contribution < 1.29 is 24.0 Å². The third kappa shape index (κ3) is 4.80. The summed E-state index contributed by atoms with van der Waals surface area (Å²) in [5.41, 5.74) is 0.559. The maximum Gasteiger partial charge on any atom is 0.201 e. The highest BCUT2D eigenvalue weighted by molar-refractivity contribution is 5.80. The molecule has 0 amide bonds. The molecule has 1 aliphatic carbocycles. The van der Waals surface area contributed by atoms with Gasteiger partial charge in [-0.2, -0.15) is 0 Å². The molecule has 6 rings (SSSR count). The molecule has 1 aromatic rings. The largest absolute Gasteiger partial charge is 0.346 e. The lowest BCUT2D eigenvalue weighted by Crippen LogP contribution is -2.70. The number of benzene rings is 1. The number of hydrogen-bond donors (Lipinski definition) is 0. The maximum atomic E-state index is 12.6. The maximum absolute atomic E-state index is 12.6. The number of ether oxygens (including phenoxy) is 2. The molecule has 5 heteroatoms. The second kappa shape index (κ2) is 10.6. The first-order valence-electron chi connectivity index (χ1n) is 12.7. The highest BCUT2D eigenvalue weighted by Crippen LogP contribution is 2.60. The van der Waals surface area contributed by atoms with E-state index < -0.39 is 17.7 Å². The van der Waals surface area contributed by atoms with Crippen LogP contribution in [0.5, 0.6) is 0 Å². The van der Waals surface area contributed by atoms with Crippen LogP contribution < -0.4 is 0 Å². The van der Waals surface area contributed by atoms with Crippen LogP contribution >= 0.6 is 0 Å². The Morgan fingerprint density at radius 3 is 2.48 bits per heavy atom. The summed E-state index contributed by atoms with van der Waals surface area (Å²) in [6.45, 7) is 10.5. The Labute approximate surface area is 200 Å². The Balaban J connectivity index is 0.000000994. The van der Waals surface area contributed by atoms with Gasteiger partial charge in [-0.1, -0.05) is 65.5 Å². The average molecular weight is 461 g/mol. The summed E-state index contributed by atoms with van der Waals surface area (Å²) in [6.07, 6.45) is 5.51. The Morgan fingerprint density at radius 1 is 1.03 bits per heavy atom.